The molecule has 0 heterocycles. The second-order valence-corrected chi connectivity index (χ2v) is 6.38. The Morgan fingerprint density at radius 2 is 2.00 bits per heavy atom. The van der Waals surface area contributed by atoms with Crippen molar-refractivity contribution in [3.63, 3.8) is 0 Å². The van der Waals surface area contributed by atoms with Gasteiger partial charge in [0.15, 0.2) is 0 Å². The van der Waals surface area contributed by atoms with Gasteiger partial charge in [-0.25, -0.2) is 0 Å². The third-order valence-electron chi connectivity index (χ3n) is 5.02. The molecule has 1 aromatic rings. The van der Waals surface area contributed by atoms with E-state index in [0.717, 1.165) is 5.92 Å². The smallest absolute Gasteiger partial charge is 0.0716 e. The van der Waals surface area contributed by atoms with Gasteiger partial charge in [-0.05, 0) is 36.9 Å². The number of rotatable bonds is 6. The van der Waals surface area contributed by atoms with Crippen LogP contribution < -0.4 is 5.73 Å². The van der Waals surface area contributed by atoms with Gasteiger partial charge < -0.3 is 10.5 Å². The van der Waals surface area contributed by atoms with Gasteiger partial charge in [-0.3, -0.25) is 4.90 Å². The summed E-state index contributed by atoms with van der Waals surface area (Å²) in [5.74, 6) is 0.757. The Morgan fingerprint density at radius 3 is 2.67 bits per heavy atom. The molecule has 3 nitrogen and oxygen atoms in total. The summed E-state index contributed by atoms with van der Waals surface area (Å²) >= 11 is 0. The summed E-state index contributed by atoms with van der Waals surface area (Å²) in [7, 11) is 3.99. The predicted molar refractivity (Wildman–Crippen MR) is 88.1 cm³/mol. The Kier molecular flexibility index (Phi) is 6.22. The van der Waals surface area contributed by atoms with Gasteiger partial charge in [0.25, 0.3) is 0 Å². The van der Waals surface area contributed by atoms with Crippen molar-refractivity contribution in [3.8, 4) is 0 Å². The number of hydrogen-bond acceptors (Lipinski definition) is 3. The van der Waals surface area contributed by atoms with Crippen LogP contribution in [0.15, 0.2) is 24.3 Å². The van der Waals surface area contributed by atoms with E-state index >= 15 is 0 Å². The lowest BCUT2D eigenvalue weighted by Gasteiger charge is -2.41. The van der Waals surface area contributed by atoms with Crippen molar-refractivity contribution < 1.29 is 4.74 Å². The van der Waals surface area contributed by atoms with Crippen molar-refractivity contribution in [2.24, 2.45) is 11.7 Å². The number of nitrogens with zero attached hydrogens (tertiary/aromatic N) is 1. The molecule has 118 valence electrons. The molecule has 0 amide bonds. The molecule has 2 rings (SSSR count). The van der Waals surface area contributed by atoms with Crippen LogP contribution in [0.1, 0.15) is 49.8 Å². The molecule has 0 radical (unpaired) electrons. The zero-order chi connectivity index (χ0) is 15.2. The third-order valence-corrected chi connectivity index (χ3v) is 5.02. The van der Waals surface area contributed by atoms with Gasteiger partial charge >= 0.3 is 0 Å². The first-order chi connectivity index (χ1) is 10.2. The number of methoxy groups -OCH3 is 1. The zero-order valence-electron chi connectivity index (χ0n) is 13.7. The van der Waals surface area contributed by atoms with Crippen molar-refractivity contribution in [1.29, 1.82) is 0 Å². The topological polar surface area (TPSA) is 38.5 Å². The SMILES string of the molecule is COCc1ccccc1C(CN)N(C)C1CCCCC1C. The molecule has 21 heavy (non-hydrogen) atoms. The van der Waals surface area contributed by atoms with Crippen LogP contribution in [0.3, 0.4) is 0 Å². The number of benzene rings is 1. The van der Waals surface area contributed by atoms with Crippen molar-refractivity contribution in [3.05, 3.63) is 35.4 Å². The molecule has 1 aliphatic carbocycles. The maximum Gasteiger partial charge on any atom is 0.0716 e. The molecular formula is C18H30N2O. The highest BCUT2D eigenvalue weighted by Gasteiger charge is 2.30. The molecule has 0 saturated heterocycles. The average Bonchev–Trinajstić information content (AvgIpc) is 2.50. The van der Waals surface area contributed by atoms with E-state index in [4.69, 9.17) is 10.5 Å². The van der Waals surface area contributed by atoms with E-state index in [9.17, 15) is 0 Å². The summed E-state index contributed by atoms with van der Waals surface area (Å²) in [4.78, 5) is 2.51. The van der Waals surface area contributed by atoms with E-state index < -0.39 is 0 Å². The van der Waals surface area contributed by atoms with Gasteiger partial charge in [-0.15, -0.1) is 0 Å². The van der Waals surface area contributed by atoms with Gasteiger partial charge in [-0.2, -0.15) is 0 Å². The lowest BCUT2D eigenvalue weighted by Crippen LogP contribution is -2.43. The predicted octanol–water partition coefficient (Wildman–Crippen LogP) is 3.34. The standard InChI is InChI=1S/C18H30N2O/c1-14-8-4-7-11-17(14)20(2)18(12-19)16-10-6-5-9-15(16)13-21-3/h5-6,9-10,14,17-18H,4,7-8,11-13,19H2,1-3H3. The highest BCUT2D eigenvalue weighted by Crippen LogP contribution is 2.33. The first-order valence-corrected chi connectivity index (χ1v) is 8.17. The van der Waals surface area contributed by atoms with E-state index in [1.54, 1.807) is 7.11 Å². The summed E-state index contributed by atoms with van der Waals surface area (Å²) in [5, 5.41) is 0. The van der Waals surface area contributed by atoms with Crippen LogP contribution in [-0.2, 0) is 11.3 Å². The number of hydrogen-bond donors (Lipinski definition) is 1. The minimum absolute atomic E-state index is 0.280. The molecule has 0 spiro atoms. The van der Waals surface area contributed by atoms with Crippen molar-refractivity contribution >= 4 is 0 Å². The summed E-state index contributed by atoms with van der Waals surface area (Å²) in [6.45, 7) is 3.69. The molecule has 0 aliphatic heterocycles. The van der Waals surface area contributed by atoms with Crippen molar-refractivity contribution in [2.75, 3.05) is 20.7 Å². The first kappa shape index (κ1) is 16.5. The van der Waals surface area contributed by atoms with Crippen molar-refractivity contribution in [2.45, 2.75) is 51.3 Å². The van der Waals surface area contributed by atoms with Crippen LogP contribution in [0.4, 0.5) is 0 Å². The third kappa shape index (κ3) is 3.85. The van der Waals surface area contributed by atoms with Gasteiger partial charge in [0.2, 0.25) is 0 Å². The van der Waals surface area contributed by atoms with Crippen LogP contribution in [-0.4, -0.2) is 31.6 Å². The maximum atomic E-state index is 6.14. The Balaban J connectivity index is 2.22. The van der Waals surface area contributed by atoms with E-state index in [1.165, 1.54) is 36.8 Å². The summed E-state index contributed by atoms with van der Waals surface area (Å²) < 4.78 is 5.35. The van der Waals surface area contributed by atoms with Crippen LogP contribution in [0, 0.1) is 5.92 Å². The number of nitrogens with two attached hydrogens (primary N) is 1. The first-order valence-electron chi connectivity index (χ1n) is 8.17. The van der Waals surface area contributed by atoms with E-state index in [1.807, 2.05) is 0 Å². The molecule has 2 N–H and O–H groups in total. The second-order valence-electron chi connectivity index (χ2n) is 6.38. The van der Waals surface area contributed by atoms with Crippen LogP contribution in [0.2, 0.25) is 0 Å². The summed E-state index contributed by atoms with van der Waals surface area (Å²) in [6, 6.07) is 9.46. The van der Waals surface area contributed by atoms with Crippen LogP contribution >= 0.6 is 0 Å². The number of ether oxygens (including phenoxy) is 1. The Labute approximate surface area is 129 Å². The lowest BCUT2D eigenvalue weighted by molar-refractivity contribution is 0.0974. The molecule has 1 aliphatic rings. The fourth-order valence-corrected chi connectivity index (χ4v) is 3.79. The molecule has 3 unspecified atom stereocenters. The van der Waals surface area contributed by atoms with Gasteiger partial charge in [0.1, 0.15) is 0 Å². The normalized spacial score (nSPS) is 24.2. The largest absolute Gasteiger partial charge is 0.380 e. The monoisotopic (exact) mass is 290 g/mol. The Bertz CT molecular complexity index is 435. The van der Waals surface area contributed by atoms with Gasteiger partial charge in [0.05, 0.1) is 6.61 Å². The highest BCUT2D eigenvalue weighted by molar-refractivity contribution is 5.30. The molecule has 0 aromatic heterocycles. The molecule has 0 bridgehead atoms. The van der Waals surface area contributed by atoms with Crippen molar-refractivity contribution in [1.82, 2.24) is 4.90 Å². The quantitative estimate of drug-likeness (QED) is 0.873. The molecule has 3 atom stereocenters. The van der Waals surface area contributed by atoms with Gasteiger partial charge in [-0.1, -0.05) is 44.0 Å². The summed E-state index contributed by atoms with van der Waals surface area (Å²) in [5.41, 5.74) is 8.72. The molecular weight excluding hydrogens is 260 g/mol. The fourth-order valence-electron chi connectivity index (χ4n) is 3.79. The minimum atomic E-state index is 0.280. The molecule has 1 aromatic carbocycles. The maximum absolute atomic E-state index is 6.14. The summed E-state index contributed by atoms with van der Waals surface area (Å²) in [6.07, 6.45) is 5.35. The molecule has 1 saturated carbocycles. The molecule has 1 fully saturated rings. The Hall–Kier alpha value is -0.900. The zero-order valence-corrected chi connectivity index (χ0v) is 13.7. The second kappa shape index (κ2) is 7.92. The number of likely N-dealkylation sites (N-methyl/N-ethyl adjacent to an activating group) is 1. The van der Waals surface area contributed by atoms with E-state index in [2.05, 4.69) is 43.1 Å². The average molecular weight is 290 g/mol. The van der Waals surface area contributed by atoms with E-state index in [0.29, 0.717) is 19.2 Å². The van der Waals surface area contributed by atoms with Crippen LogP contribution in [0.25, 0.3) is 0 Å². The minimum Gasteiger partial charge on any atom is -0.380 e. The van der Waals surface area contributed by atoms with Gasteiger partial charge in [0, 0.05) is 25.7 Å². The fraction of sp³-hybridized carbons (Fsp3) is 0.667. The van der Waals surface area contributed by atoms with Crippen LogP contribution in [0.5, 0.6) is 0 Å². The Morgan fingerprint density at radius 1 is 1.29 bits per heavy atom. The molecule has 3 heteroatoms. The highest BCUT2D eigenvalue weighted by atomic mass is 16.5. The lowest BCUT2D eigenvalue weighted by atomic mass is 9.83. The van der Waals surface area contributed by atoms with E-state index in [-0.39, 0.29) is 6.04 Å².